The van der Waals surface area contributed by atoms with Gasteiger partial charge in [-0.25, -0.2) is 0 Å². The molecule has 16 heavy (non-hydrogen) atoms. The van der Waals surface area contributed by atoms with Gasteiger partial charge >= 0.3 is 0 Å². The lowest BCUT2D eigenvalue weighted by molar-refractivity contribution is 0.170. The van der Waals surface area contributed by atoms with E-state index in [9.17, 15) is 0 Å². The van der Waals surface area contributed by atoms with Crippen molar-refractivity contribution in [3.63, 3.8) is 0 Å². The van der Waals surface area contributed by atoms with Gasteiger partial charge in [0.2, 0.25) is 0 Å². The van der Waals surface area contributed by atoms with Crippen molar-refractivity contribution in [3.05, 3.63) is 11.9 Å². The first kappa shape index (κ1) is 11.6. The van der Waals surface area contributed by atoms with Crippen LogP contribution in [0.25, 0.3) is 0 Å². The average molecular weight is 222 g/mol. The number of rotatable bonds is 6. The Labute approximate surface area is 97.4 Å². The summed E-state index contributed by atoms with van der Waals surface area (Å²) in [7, 11) is 1.93. The van der Waals surface area contributed by atoms with Gasteiger partial charge in [0, 0.05) is 13.2 Å². The fourth-order valence-electron chi connectivity index (χ4n) is 2.40. The van der Waals surface area contributed by atoms with E-state index >= 15 is 0 Å². The summed E-state index contributed by atoms with van der Waals surface area (Å²) in [5.41, 5.74) is 1.15. The van der Waals surface area contributed by atoms with Gasteiger partial charge in [-0.1, -0.05) is 12.1 Å². The van der Waals surface area contributed by atoms with Crippen molar-refractivity contribution in [2.45, 2.75) is 32.6 Å². The molecule has 0 amide bonds. The molecule has 2 atom stereocenters. The van der Waals surface area contributed by atoms with E-state index in [0.717, 1.165) is 30.5 Å². The molecule has 1 aliphatic carbocycles. The van der Waals surface area contributed by atoms with Gasteiger partial charge in [-0.05, 0) is 50.6 Å². The molecule has 1 aromatic heterocycles. The van der Waals surface area contributed by atoms with Crippen molar-refractivity contribution >= 4 is 0 Å². The second-order valence-corrected chi connectivity index (χ2v) is 4.89. The van der Waals surface area contributed by atoms with Gasteiger partial charge in [0.1, 0.15) is 0 Å². The van der Waals surface area contributed by atoms with Crippen LogP contribution in [0.5, 0.6) is 0 Å². The molecule has 2 unspecified atom stereocenters. The summed E-state index contributed by atoms with van der Waals surface area (Å²) in [5, 5.41) is 11.7. The average Bonchev–Trinajstić information content (AvgIpc) is 2.66. The molecule has 0 aromatic carbocycles. The molecule has 0 bridgehead atoms. The molecule has 1 fully saturated rings. The molecule has 0 radical (unpaired) electrons. The Morgan fingerprint density at radius 1 is 1.44 bits per heavy atom. The van der Waals surface area contributed by atoms with Crippen LogP contribution in [0.1, 0.15) is 31.9 Å². The van der Waals surface area contributed by atoms with Crippen molar-refractivity contribution in [2.24, 2.45) is 18.9 Å². The lowest BCUT2D eigenvalue weighted by Crippen LogP contribution is -2.36. The normalized spacial score (nSPS) is 24.4. The molecule has 0 aliphatic heterocycles. The summed E-state index contributed by atoms with van der Waals surface area (Å²) in [6.45, 7) is 4.54. The van der Waals surface area contributed by atoms with E-state index in [1.165, 1.54) is 25.8 Å². The molecule has 1 heterocycles. The highest BCUT2D eigenvalue weighted by atomic mass is 15.4. The number of nitrogens with one attached hydrogen (secondary N) is 1. The maximum Gasteiger partial charge on any atom is 0.0829 e. The van der Waals surface area contributed by atoms with Crippen LogP contribution in [0.3, 0.4) is 0 Å². The van der Waals surface area contributed by atoms with E-state index in [4.69, 9.17) is 0 Å². The van der Waals surface area contributed by atoms with Crippen molar-refractivity contribution < 1.29 is 0 Å². The van der Waals surface area contributed by atoms with E-state index in [0.29, 0.717) is 0 Å². The van der Waals surface area contributed by atoms with Crippen LogP contribution in [-0.4, -0.2) is 28.1 Å². The molecule has 1 aromatic rings. The standard InChI is InChI=1S/C12H22N4/c1-3-6-13-8-11-5-4-10(11)7-12-9-16(2)15-14-12/h9-11,13H,3-8H2,1-2H3. The van der Waals surface area contributed by atoms with Crippen LogP contribution < -0.4 is 5.32 Å². The Hall–Kier alpha value is -0.900. The molecule has 90 valence electrons. The Bertz CT molecular complexity index is 321. The maximum absolute atomic E-state index is 4.16. The van der Waals surface area contributed by atoms with Crippen LogP contribution in [0.4, 0.5) is 0 Å². The smallest absolute Gasteiger partial charge is 0.0829 e. The van der Waals surface area contributed by atoms with Crippen molar-refractivity contribution in [1.29, 1.82) is 0 Å². The zero-order valence-corrected chi connectivity index (χ0v) is 10.3. The van der Waals surface area contributed by atoms with E-state index < -0.39 is 0 Å². The highest BCUT2D eigenvalue weighted by Crippen LogP contribution is 2.35. The third kappa shape index (κ3) is 2.82. The zero-order chi connectivity index (χ0) is 11.4. The summed E-state index contributed by atoms with van der Waals surface area (Å²) in [5.74, 6) is 1.68. The fraction of sp³-hybridized carbons (Fsp3) is 0.833. The predicted octanol–water partition coefficient (Wildman–Crippen LogP) is 1.38. The molecule has 2 rings (SSSR count). The lowest BCUT2D eigenvalue weighted by Gasteiger charge is -2.36. The first-order chi connectivity index (χ1) is 7.79. The van der Waals surface area contributed by atoms with Crippen LogP contribution in [-0.2, 0) is 13.5 Å². The summed E-state index contributed by atoms with van der Waals surface area (Å²) < 4.78 is 1.79. The van der Waals surface area contributed by atoms with Crippen molar-refractivity contribution in [2.75, 3.05) is 13.1 Å². The van der Waals surface area contributed by atoms with E-state index in [2.05, 4.69) is 22.6 Å². The quantitative estimate of drug-likeness (QED) is 0.740. The Morgan fingerprint density at radius 3 is 2.81 bits per heavy atom. The van der Waals surface area contributed by atoms with E-state index in [1.807, 2.05) is 13.2 Å². The van der Waals surface area contributed by atoms with Gasteiger partial charge in [-0.15, -0.1) is 5.10 Å². The van der Waals surface area contributed by atoms with Gasteiger partial charge in [0.05, 0.1) is 5.69 Å². The monoisotopic (exact) mass is 222 g/mol. The van der Waals surface area contributed by atoms with Crippen LogP contribution in [0.15, 0.2) is 6.20 Å². The number of nitrogens with zero attached hydrogens (tertiary/aromatic N) is 3. The second kappa shape index (κ2) is 5.43. The minimum absolute atomic E-state index is 0.820. The Balaban J connectivity index is 1.74. The molecule has 4 nitrogen and oxygen atoms in total. The van der Waals surface area contributed by atoms with Gasteiger partial charge in [0.25, 0.3) is 0 Å². The van der Waals surface area contributed by atoms with Gasteiger partial charge in [-0.2, -0.15) is 0 Å². The highest BCUT2D eigenvalue weighted by molar-refractivity contribution is 4.98. The van der Waals surface area contributed by atoms with Crippen LogP contribution in [0, 0.1) is 11.8 Å². The third-order valence-electron chi connectivity index (χ3n) is 3.53. The maximum atomic E-state index is 4.16. The number of hydrogen-bond donors (Lipinski definition) is 1. The minimum Gasteiger partial charge on any atom is -0.316 e. The van der Waals surface area contributed by atoms with E-state index in [1.54, 1.807) is 4.68 Å². The zero-order valence-electron chi connectivity index (χ0n) is 10.3. The topological polar surface area (TPSA) is 42.7 Å². The Kier molecular flexibility index (Phi) is 3.93. The number of hydrogen-bond acceptors (Lipinski definition) is 3. The molecular formula is C12H22N4. The van der Waals surface area contributed by atoms with Gasteiger partial charge in [-0.3, -0.25) is 4.68 Å². The molecular weight excluding hydrogens is 200 g/mol. The second-order valence-electron chi connectivity index (χ2n) is 4.89. The number of aryl methyl sites for hydroxylation is 1. The largest absolute Gasteiger partial charge is 0.316 e. The molecule has 1 saturated carbocycles. The number of aromatic nitrogens is 3. The summed E-state index contributed by atoms with van der Waals surface area (Å²) in [6.07, 6.45) is 7.10. The third-order valence-corrected chi connectivity index (χ3v) is 3.53. The first-order valence-electron chi connectivity index (χ1n) is 6.35. The predicted molar refractivity (Wildman–Crippen MR) is 64.1 cm³/mol. The molecule has 0 spiro atoms. The summed E-state index contributed by atoms with van der Waals surface area (Å²) in [4.78, 5) is 0. The molecule has 1 N–H and O–H groups in total. The fourth-order valence-corrected chi connectivity index (χ4v) is 2.40. The summed E-state index contributed by atoms with van der Waals surface area (Å²) in [6, 6.07) is 0. The minimum atomic E-state index is 0.820. The van der Waals surface area contributed by atoms with Crippen LogP contribution in [0.2, 0.25) is 0 Å². The van der Waals surface area contributed by atoms with Gasteiger partial charge < -0.3 is 5.32 Å². The lowest BCUT2D eigenvalue weighted by atomic mass is 9.71. The Morgan fingerprint density at radius 2 is 2.25 bits per heavy atom. The van der Waals surface area contributed by atoms with E-state index in [-0.39, 0.29) is 0 Å². The first-order valence-corrected chi connectivity index (χ1v) is 6.35. The van der Waals surface area contributed by atoms with Crippen molar-refractivity contribution in [3.8, 4) is 0 Å². The van der Waals surface area contributed by atoms with Crippen molar-refractivity contribution in [1.82, 2.24) is 20.3 Å². The van der Waals surface area contributed by atoms with Gasteiger partial charge in [0.15, 0.2) is 0 Å². The highest BCUT2D eigenvalue weighted by Gasteiger charge is 2.30. The summed E-state index contributed by atoms with van der Waals surface area (Å²) >= 11 is 0. The molecule has 1 aliphatic rings. The molecule has 0 saturated heterocycles. The molecule has 4 heteroatoms. The van der Waals surface area contributed by atoms with Crippen LogP contribution >= 0.6 is 0 Å². The SMILES string of the molecule is CCCNCC1CCC1Cc1cn(C)nn1.